The molecule has 1 aliphatic heterocycles. The van der Waals surface area contributed by atoms with Gasteiger partial charge in [-0.3, -0.25) is 4.79 Å². The third kappa shape index (κ3) is 7.54. The molecule has 0 aromatic heterocycles. The van der Waals surface area contributed by atoms with Crippen LogP contribution in [0.15, 0.2) is 70.4 Å². The fourth-order valence-corrected chi connectivity index (χ4v) is 4.77. The molecule has 0 unspecified atom stereocenters. The Morgan fingerprint density at radius 1 is 1.14 bits per heavy atom. The van der Waals surface area contributed by atoms with E-state index < -0.39 is 17.5 Å². The number of benzene rings is 2. The largest absolute Gasteiger partial charge is 0.494 e. The number of hydrogen-bond donors (Lipinski definition) is 2. The number of nitrogens with one attached hydrogen (secondary N) is 2. The lowest BCUT2D eigenvalue weighted by Crippen LogP contribution is -2.32. The lowest BCUT2D eigenvalue weighted by molar-refractivity contribution is -0.150. The molecule has 1 atom stereocenters. The number of nitrogens with zero attached hydrogens (tertiary/aromatic N) is 1. The number of allylic oxidation sites excluding steroid dienone is 2. The van der Waals surface area contributed by atoms with Crippen LogP contribution in [0, 0.1) is 11.3 Å². The number of carbonyl (C=O) groups excluding carboxylic acids is 2. The van der Waals surface area contributed by atoms with E-state index in [9.17, 15) is 14.9 Å². The number of esters is 1. The summed E-state index contributed by atoms with van der Waals surface area (Å²) in [5.41, 5.74) is 1.88. The Morgan fingerprint density at radius 2 is 1.78 bits per heavy atom. The summed E-state index contributed by atoms with van der Waals surface area (Å²) in [5.74, 6) is -0.634. The van der Waals surface area contributed by atoms with Crippen LogP contribution in [0.25, 0.3) is 0 Å². The number of anilines is 1. The van der Waals surface area contributed by atoms with E-state index in [0.717, 1.165) is 11.3 Å². The lowest BCUT2D eigenvalue weighted by atomic mass is 9.82. The van der Waals surface area contributed by atoms with E-state index >= 15 is 0 Å². The molecule has 0 radical (unpaired) electrons. The Morgan fingerprint density at radius 3 is 2.35 bits per heavy atom. The number of halogens is 1. The Balaban J connectivity index is 1.86. The van der Waals surface area contributed by atoms with Gasteiger partial charge in [-0.15, -0.1) is 0 Å². The predicted octanol–water partition coefficient (Wildman–Crippen LogP) is 6.15. The van der Waals surface area contributed by atoms with Crippen LogP contribution in [0.4, 0.5) is 5.69 Å². The molecular weight excluding hydrogens is 510 g/mol. The molecule has 2 aromatic rings. The standard InChI is InChI=1S/C28H30ClN3O4S/c1-6-35-21-13-11-20(12-14-21)32-23(33)16-37-26-22(15-30)25(18-7-9-19(29)10-8-18)24(17(2)31-26)27(34)36-28(3,4)5/h7-14,25,31H,6,16H2,1-5H3,(H,32,33)/t25-/m0/s1. The molecule has 0 aliphatic carbocycles. The first-order chi connectivity index (χ1) is 17.5. The quantitative estimate of drug-likeness (QED) is 0.388. The van der Waals surface area contributed by atoms with Crippen molar-refractivity contribution >= 4 is 40.9 Å². The molecule has 0 spiro atoms. The summed E-state index contributed by atoms with van der Waals surface area (Å²) in [6.45, 7) is 9.60. The molecular formula is C28H30ClN3O4S. The molecule has 7 nitrogen and oxygen atoms in total. The van der Waals surface area contributed by atoms with Crippen molar-refractivity contribution in [2.45, 2.75) is 46.1 Å². The first kappa shape index (κ1) is 28.2. The average molecular weight is 540 g/mol. The summed E-state index contributed by atoms with van der Waals surface area (Å²) in [7, 11) is 0. The molecule has 1 aliphatic rings. The number of dihydropyridines is 1. The molecule has 3 rings (SSSR count). The fourth-order valence-electron chi connectivity index (χ4n) is 3.75. The van der Waals surface area contributed by atoms with Gasteiger partial charge in [0.15, 0.2) is 0 Å². The van der Waals surface area contributed by atoms with Gasteiger partial charge in [-0.25, -0.2) is 4.79 Å². The van der Waals surface area contributed by atoms with Gasteiger partial charge in [0, 0.05) is 16.4 Å². The maximum Gasteiger partial charge on any atom is 0.337 e. The van der Waals surface area contributed by atoms with Crippen molar-refractivity contribution < 1.29 is 19.1 Å². The van der Waals surface area contributed by atoms with Crippen LogP contribution in [-0.2, 0) is 14.3 Å². The van der Waals surface area contributed by atoms with Gasteiger partial charge in [0.25, 0.3) is 0 Å². The van der Waals surface area contributed by atoms with Crippen LogP contribution in [0.3, 0.4) is 0 Å². The summed E-state index contributed by atoms with van der Waals surface area (Å²) in [5, 5.41) is 17.2. The topological polar surface area (TPSA) is 100 Å². The lowest BCUT2D eigenvalue weighted by Gasteiger charge is -2.31. The first-order valence-electron chi connectivity index (χ1n) is 11.8. The highest BCUT2D eigenvalue weighted by molar-refractivity contribution is 8.03. The van der Waals surface area contributed by atoms with E-state index in [1.807, 2.05) is 6.92 Å². The number of amides is 1. The van der Waals surface area contributed by atoms with Gasteiger partial charge in [0.2, 0.25) is 5.91 Å². The maximum atomic E-state index is 13.2. The van der Waals surface area contributed by atoms with Crippen LogP contribution >= 0.6 is 23.4 Å². The predicted molar refractivity (Wildman–Crippen MR) is 147 cm³/mol. The second-order valence-corrected chi connectivity index (χ2v) is 10.7. The number of thioether (sulfide) groups is 1. The van der Waals surface area contributed by atoms with Crippen molar-refractivity contribution in [1.29, 1.82) is 5.26 Å². The zero-order valence-corrected chi connectivity index (χ0v) is 23.0. The molecule has 2 N–H and O–H groups in total. The molecule has 9 heteroatoms. The van der Waals surface area contributed by atoms with E-state index in [-0.39, 0.29) is 11.7 Å². The van der Waals surface area contributed by atoms with Gasteiger partial charge in [-0.2, -0.15) is 5.26 Å². The van der Waals surface area contributed by atoms with Crippen LogP contribution in [0.1, 0.15) is 46.1 Å². The molecule has 194 valence electrons. The molecule has 0 bridgehead atoms. The second kappa shape index (κ2) is 12.2. The van der Waals surface area contributed by atoms with Crippen molar-refractivity contribution in [3.63, 3.8) is 0 Å². The zero-order chi connectivity index (χ0) is 27.2. The van der Waals surface area contributed by atoms with E-state index in [4.69, 9.17) is 21.1 Å². The fraction of sp³-hybridized carbons (Fsp3) is 0.321. The third-order valence-corrected chi connectivity index (χ3v) is 6.54. The first-order valence-corrected chi connectivity index (χ1v) is 13.1. The number of hydrogen-bond acceptors (Lipinski definition) is 7. The summed E-state index contributed by atoms with van der Waals surface area (Å²) in [6, 6.07) is 16.4. The number of ether oxygens (including phenoxy) is 2. The van der Waals surface area contributed by atoms with Crippen LogP contribution in [0.2, 0.25) is 5.02 Å². The molecule has 2 aromatic carbocycles. The van der Waals surface area contributed by atoms with E-state index in [1.54, 1.807) is 76.2 Å². The highest BCUT2D eigenvalue weighted by Gasteiger charge is 2.37. The van der Waals surface area contributed by atoms with Gasteiger partial charge < -0.3 is 20.1 Å². The summed E-state index contributed by atoms with van der Waals surface area (Å²) in [6.07, 6.45) is 0. The van der Waals surface area contributed by atoms with Crippen molar-refractivity contribution in [1.82, 2.24) is 5.32 Å². The maximum absolute atomic E-state index is 13.2. The minimum Gasteiger partial charge on any atom is -0.494 e. The summed E-state index contributed by atoms with van der Waals surface area (Å²) in [4.78, 5) is 25.9. The molecule has 0 saturated carbocycles. The van der Waals surface area contributed by atoms with Crippen molar-refractivity contribution in [2.75, 3.05) is 17.7 Å². The minimum atomic E-state index is -0.709. The highest BCUT2D eigenvalue weighted by atomic mass is 35.5. The van der Waals surface area contributed by atoms with Gasteiger partial charge in [-0.05, 0) is 76.6 Å². The Kier molecular flexibility index (Phi) is 9.30. The minimum absolute atomic E-state index is 0.0586. The van der Waals surface area contributed by atoms with E-state index in [1.165, 1.54) is 11.8 Å². The monoisotopic (exact) mass is 539 g/mol. The Hall–Kier alpha value is -3.41. The van der Waals surface area contributed by atoms with E-state index in [0.29, 0.717) is 39.2 Å². The molecule has 0 saturated heterocycles. The zero-order valence-electron chi connectivity index (χ0n) is 21.5. The smallest absolute Gasteiger partial charge is 0.337 e. The Bertz CT molecular complexity index is 1260. The highest BCUT2D eigenvalue weighted by Crippen LogP contribution is 2.41. The van der Waals surface area contributed by atoms with Crippen molar-refractivity contribution in [3.05, 3.63) is 81.0 Å². The van der Waals surface area contributed by atoms with E-state index in [2.05, 4.69) is 16.7 Å². The normalized spacial score (nSPS) is 15.5. The second-order valence-electron chi connectivity index (χ2n) is 9.30. The van der Waals surface area contributed by atoms with Gasteiger partial charge in [-0.1, -0.05) is 35.5 Å². The van der Waals surface area contributed by atoms with Gasteiger partial charge in [0.1, 0.15) is 11.4 Å². The summed E-state index contributed by atoms with van der Waals surface area (Å²) >= 11 is 7.29. The average Bonchev–Trinajstić information content (AvgIpc) is 2.83. The molecule has 37 heavy (non-hydrogen) atoms. The molecule has 1 heterocycles. The van der Waals surface area contributed by atoms with Gasteiger partial charge in [0.05, 0.1) is 40.5 Å². The number of carbonyl (C=O) groups is 2. The SMILES string of the molecule is CCOc1ccc(NC(=O)CSC2=C(C#N)[C@H](c3ccc(Cl)cc3)C(C(=O)OC(C)(C)C)=C(C)N2)cc1. The molecule has 1 amide bonds. The third-order valence-electron chi connectivity index (χ3n) is 5.27. The van der Waals surface area contributed by atoms with Crippen molar-refractivity contribution in [2.24, 2.45) is 0 Å². The van der Waals surface area contributed by atoms with Crippen LogP contribution < -0.4 is 15.4 Å². The number of rotatable bonds is 8. The van der Waals surface area contributed by atoms with Gasteiger partial charge >= 0.3 is 5.97 Å². The summed E-state index contributed by atoms with van der Waals surface area (Å²) < 4.78 is 11.1. The number of nitriles is 1. The Labute approximate surface area is 226 Å². The van der Waals surface area contributed by atoms with Crippen LogP contribution in [-0.4, -0.2) is 29.8 Å². The van der Waals surface area contributed by atoms with Crippen LogP contribution in [0.5, 0.6) is 5.75 Å². The van der Waals surface area contributed by atoms with Crippen molar-refractivity contribution in [3.8, 4) is 11.8 Å². The molecule has 0 fully saturated rings.